The van der Waals surface area contributed by atoms with Gasteiger partial charge in [0.2, 0.25) is 0 Å². The molecular formula is C14H22O2S. The third kappa shape index (κ3) is 2.25. The van der Waals surface area contributed by atoms with Gasteiger partial charge in [-0.3, -0.25) is 0 Å². The second-order valence-corrected chi connectivity index (χ2v) is 8.70. The average molecular weight is 254 g/mol. The Morgan fingerprint density at radius 2 is 1.47 bits per heavy atom. The molecule has 0 amide bonds. The van der Waals surface area contributed by atoms with Gasteiger partial charge in [-0.25, -0.2) is 8.42 Å². The van der Waals surface area contributed by atoms with Crippen LogP contribution in [0.25, 0.3) is 0 Å². The number of hydrogen-bond acceptors (Lipinski definition) is 2. The van der Waals surface area contributed by atoms with E-state index < -0.39 is 19.3 Å². The molecule has 0 saturated carbocycles. The molecule has 0 aromatic heterocycles. The van der Waals surface area contributed by atoms with Crippen LogP contribution in [0.15, 0.2) is 30.3 Å². The van der Waals surface area contributed by atoms with Crippen molar-refractivity contribution in [2.45, 2.75) is 50.5 Å². The molecule has 2 nitrogen and oxygen atoms in total. The molecule has 1 aromatic carbocycles. The number of sulfone groups is 1. The largest absolute Gasteiger partial charge is 0.227 e. The summed E-state index contributed by atoms with van der Waals surface area (Å²) < 4.78 is 23.9. The molecule has 96 valence electrons. The molecule has 0 aliphatic rings. The second-order valence-electron chi connectivity index (χ2n) is 5.57. The van der Waals surface area contributed by atoms with Crippen molar-refractivity contribution in [2.75, 3.05) is 0 Å². The molecule has 0 unspecified atom stereocenters. The van der Waals surface area contributed by atoms with Gasteiger partial charge in [0.05, 0.1) is 9.49 Å². The van der Waals surface area contributed by atoms with Gasteiger partial charge in [-0.2, -0.15) is 0 Å². The predicted octanol–water partition coefficient (Wildman–Crippen LogP) is 3.53. The topological polar surface area (TPSA) is 34.1 Å². The number of hydrogen-bond donors (Lipinski definition) is 0. The van der Waals surface area contributed by atoms with Gasteiger partial charge in [0.25, 0.3) is 0 Å². The molecule has 1 atom stereocenters. The summed E-state index contributed by atoms with van der Waals surface area (Å²) in [5.74, 6) is 0. The van der Waals surface area contributed by atoms with E-state index in [4.69, 9.17) is 0 Å². The van der Waals surface area contributed by atoms with Gasteiger partial charge in [0.15, 0.2) is 9.84 Å². The lowest BCUT2D eigenvalue weighted by atomic mass is 9.98. The fourth-order valence-electron chi connectivity index (χ4n) is 2.02. The van der Waals surface area contributed by atoms with E-state index in [1.54, 1.807) is 20.8 Å². The van der Waals surface area contributed by atoms with Crippen LogP contribution in [0.1, 0.15) is 46.6 Å². The van der Waals surface area contributed by atoms with E-state index in [0.29, 0.717) is 6.42 Å². The van der Waals surface area contributed by atoms with Crippen molar-refractivity contribution in [3.05, 3.63) is 35.9 Å². The van der Waals surface area contributed by atoms with Crippen molar-refractivity contribution in [3.63, 3.8) is 0 Å². The Balaban J connectivity index is 3.43. The lowest BCUT2D eigenvalue weighted by Crippen LogP contribution is -2.43. The first kappa shape index (κ1) is 14.2. The first-order chi connectivity index (χ1) is 7.67. The molecule has 17 heavy (non-hydrogen) atoms. The Morgan fingerprint density at radius 3 is 1.82 bits per heavy atom. The monoisotopic (exact) mass is 254 g/mol. The van der Waals surface area contributed by atoms with Gasteiger partial charge in [0, 0.05) is 0 Å². The standard InChI is InChI=1S/C14H22O2S/c1-6-14(5,12-10-8-7-9-11-12)17(15,16)13(2,3)4/h7-11H,6H2,1-5H3/t14-/m0/s1. The molecule has 0 bridgehead atoms. The van der Waals surface area contributed by atoms with Crippen LogP contribution >= 0.6 is 0 Å². The van der Waals surface area contributed by atoms with Crippen molar-refractivity contribution in [3.8, 4) is 0 Å². The summed E-state index contributed by atoms with van der Waals surface area (Å²) in [4.78, 5) is 0. The maximum absolute atomic E-state index is 12.7. The summed E-state index contributed by atoms with van der Waals surface area (Å²) >= 11 is 0. The van der Waals surface area contributed by atoms with Crippen LogP contribution in [-0.4, -0.2) is 13.2 Å². The van der Waals surface area contributed by atoms with Crippen molar-refractivity contribution in [2.24, 2.45) is 0 Å². The van der Waals surface area contributed by atoms with Crippen LogP contribution in [0, 0.1) is 0 Å². The zero-order valence-corrected chi connectivity index (χ0v) is 12.1. The molecule has 0 heterocycles. The van der Waals surface area contributed by atoms with Crippen LogP contribution in [0.3, 0.4) is 0 Å². The lowest BCUT2D eigenvalue weighted by Gasteiger charge is -2.35. The van der Waals surface area contributed by atoms with Gasteiger partial charge >= 0.3 is 0 Å². The van der Waals surface area contributed by atoms with Gasteiger partial charge < -0.3 is 0 Å². The van der Waals surface area contributed by atoms with Crippen LogP contribution in [0.4, 0.5) is 0 Å². The van der Waals surface area contributed by atoms with E-state index >= 15 is 0 Å². The maximum Gasteiger partial charge on any atom is 0.164 e. The highest BCUT2D eigenvalue weighted by molar-refractivity contribution is 7.93. The van der Waals surface area contributed by atoms with Gasteiger partial charge in [-0.05, 0) is 39.7 Å². The summed E-state index contributed by atoms with van der Waals surface area (Å²) in [6.07, 6.45) is 0.580. The quantitative estimate of drug-likeness (QED) is 0.827. The Kier molecular flexibility index (Phi) is 3.72. The van der Waals surface area contributed by atoms with Crippen molar-refractivity contribution >= 4 is 9.84 Å². The highest BCUT2D eigenvalue weighted by atomic mass is 32.2. The summed E-state index contributed by atoms with van der Waals surface area (Å²) in [5, 5.41) is 0. The first-order valence-corrected chi connectivity index (χ1v) is 7.45. The Morgan fingerprint density at radius 1 is 1.00 bits per heavy atom. The molecule has 3 heteroatoms. The van der Waals surface area contributed by atoms with Gasteiger partial charge in [-0.1, -0.05) is 37.3 Å². The highest BCUT2D eigenvalue weighted by Gasteiger charge is 2.46. The third-order valence-electron chi connectivity index (χ3n) is 3.46. The first-order valence-electron chi connectivity index (χ1n) is 5.96. The zero-order chi connectivity index (χ0) is 13.3. The fraction of sp³-hybridized carbons (Fsp3) is 0.571. The summed E-state index contributed by atoms with van der Waals surface area (Å²) in [5.41, 5.74) is 0.873. The molecule has 0 aliphatic heterocycles. The fourth-order valence-corrected chi connectivity index (χ4v) is 4.19. The normalized spacial score (nSPS) is 16.5. The minimum Gasteiger partial charge on any atom is -0.227 e. The van der Waals surface area contributed by atoms with Gasteiger partial charge in [-0.15, -0.1) is 0 Å². The minimum atomic E-state index is -3.24. The minimum absolute atomic E-state index is 0.580. The third-order valence-corrected chi connectivity index (χ3v) is 6.78. The highest BCUT2D eigenvalue weighted by Crippen LogP contribution is 2.39. The number of rotatable bonds is 3. The molecule has 0 aliphatic carbocycles. The van der Waals surface area contributed by atoms with Gasteiger partial charge in [0.1, 0.15) is 0 Å². The molecule has 1 rings (SSSR count). The van der Waals surface area contributed by atoms with Crippen molar-refractivity contribution < 1.29 is 8.42 Å². The van der Waals surface area contributed by atoms with E-state index in [1.165, 1.54) is 0 Å². The summed E-state index contributed by atoms with van der Waals surface area (Å²) in [6.45, 7) is 9.04. The smallest absolute Gasteiger partial charge is 0.164 e. The molecule has 0 spiro atoms. The van der Waals surface area contributed by atoms with Crippen LogP contribution in [-0.2, 0) is 14.6 Å². The van der Waals surface area contributed by atoms with Crippen LogP contribution in [0.5, 0.6) is 0 Å². The van der Waals surface area contributed by atoms with Crippen LogP contribution < -0.4 is 0 Å². The molecule has 0 fully saturated rings. The second kappa shape index (κ2) is 4.45. The SMILES string of the molecule is CC[C@@](C)(c1ccccc1)S(=O)(=O)C(C)(C)C. The molecule has 0 saturated heterocycles. The summed E-state index contributed by atoms with van der Waals surface area (Å²) in [7, 11) is -3.24. The average Bonchev–Trinajstić information content (AvgIpc) is 2.27. The Bertz CT molecular complexity index is 469. The molecule has 1 aromatic rings. The van der Waals surface area contributed by atoms with E-state index in [9.17, 15) is 8.42 Å². The van der Waals surface area contributed by atoms with E-state index in [2.05, 4.69) is 0 Å². The van der Waals surface area contributed by atoms with Crippen LogP contribution in [0.2, 0.25) is 0 Å². The molecule has 0 N–H and O–H groups in total. The lowest BCUT2D eigenvalue weighted by molar-refractivity contribution is 0.498. The number of benzene rings is 1. The van der Waals surface area contributed by atoms with E-state index in [1.807, 2.05) is 44.2 Å². The van der Waals surface area contributed by atoms with E-state index in [0.717, 1.165) is 5.56 Å². The molecular weight excluding hydrogens is 232 g/mol. The zero-order valence-electron chi connectivity index (χ0n) is 11.3. The van der Waals surface area contributed by atoms with E-state index in [-0.39, 0.29) is 0 Å². The van der Waals surface area contributed by atoms with Crippen molar-refractivity contribution in [1.29, 1.82) is 0 Å². The molecule has 0 radical (unpaired) electrons. The Hall–Kier alpha value is -0.830. The van der Waals surface area contributed by atoms with Crippen molar-refractivity contribution in [1.82, 2.24) is 0 Å². The maximum atomic E-state index is 12.7. The predicted molar refractivity (Wildman–Crippen MR) is 72.8 cm³/mol. The summed E-state index contributed by atoms with van der Waals surface area (Å²) in [6, 6.07) is 9.48. The Labute approximate surface area is 105 Å².